The van der Waals surface area contributed by atoms with Crippen LogP contribution in [-0.2, 0) is 9.59 Å². The third-order valence-electron chi connectivity index (χ3n) is 3.08. The molecule has 124 valence electrons. The Bertz CT molecular complexity index is 421. The number of carbonyl (C=O) groups is 2. The first kappa shape index (κ1) is 17.8. The Morgan fingerprint density at radius 2 is 1.68 bits per heavy atom. The summed E-state index contributed by atoms with van der Waals surface area (Å²) in [6.45, 7) is -1.49. The average Bonchev–Trinajstić information content (AvgIpc) is 2.46. The molecule has 0 fully saturated rings. The van der Waals surface area contributed by atoms with Gasteiger partial charge < -0.3 is 10.0 Å². The minimum atomic E-state index is -2.79. The van der Waals surface area contributed by atoms with Crippen molar-refractivity contribution in [2.45, 2.75) is 64.7 Å². The Kier molecular flexibility index (Phi) is 12.4. The summed E-state index contributed by atoms with van der Waals surface area (Å²) in [5, 5.41) is 18.5. The van der Waals surface area contributed by atoms with Crippen LogP contribution in [0.2, 0.25) is 0 Å². The molecule has 0 aliphatic rings. The fraction of sp³-hybridized carbons (Fsp3) is 0.800. The first-order valence-corrected chi connectivity index (χ1v) is 7.56. The molecule has 0 bridgehead atoms. The van der Waals surface area contributed by atoms with E-state index in [4.69, 9.17) is 14.6 Å². The Morgan fingerprint density at radius 3 is 2.18 bits per heavy atom. The van der Waals surface area contributed by atoms with E-state index in [9.17, 15) is 9.59 Å². The number of guanidine groups is 1. The molecule has 0 aromatic carbocycles. The maximum atomic E-state index is 11.7. The molecule has 0 aliphatic heterocycles. The van der Waals surface area contributed by atoms with Crippen LogP contribution in [0.5, 0.6) is 0 Å². The van der Waals surface area contributed by atoms with Gasteiger partial charge >= 0.3 is 35.5 Å². The monoisotopic (exact) mass is 326 g/mol. The molecule has 0 aliphatic carbocycles. The van der Waals surface area contributed by atoms with Crippen LogP contribution in [0.25, 0.3) is 0 Å². The van der Waals surface area contributed by atoms with Crippen molar-refractivity contribution in [1.29, 1.82) is 5.41 Å². The van der Waals surface area contributed by atoms with Crippen molar-refractivity contribution in [2.75, 3.05) is 13.5 Å². The second kappa shape index (κ2) is 15.3. The van der Waals surface area contributed by atoms with E-state index in [0.717, 1.165) is 19.3 Å². The number of nitrogens with one attached hydrogen (secondary N) is 2. The number of carbonyl (C=O) groups excluding carboxylic acids is 1. The average molecular weight is 326 g/mol. The zero-order valence-corrected chi connectivity index (χ0v) is 12.8. The summed E-state index contributed by atoms with van der Waals surface area (Å²) in [6.07, 6.45) is 8.86. The van der Waals surface area contributed by atoms with E-state index >= 15 is 0 Å². The summed E-state index contributed by atoms with van der Waals surface area (Å²) in [5.74, 6) is -2.55. The molecule has 0 spiro atoms. The fourth-order valence-corrected chi connectivity index (χ4v) is 1.90. The second-order valence-electron chi connectivity index (χ2n) is 5.10. The second-order valence-corrected chi connectivity index (χ2v) is 5.10. The molecule has 0 rings (SSSR count). The Hall–Kier alpha value is -0.590. The summed E-state index contributed by atoms with van der Waals surface area (Å²) in [4.78, 5) is 22.8. The predicted octanol–water partition coefficient (Wildman–Crippen LogP) is 1.94. The molecule has 0 atom stereocenters. The van der Waals surface area contributed by atoms with Crippen molar-refractivity contribution in [3.05, 3.63) is 0 Å². The van der Waals surface area contributed by atoms with Gasteiger partial charge in [-0.2, -0.15) is 0 Å². The van der Waals surface area contributed by atoms with Crippen molar-refractivity contribution < 1.29 is 18.8 Å². The van der Waals surface area contributed by atoms with Gasteiger partial charge in [0.15, 0.2) is 5.96 Å². The number of amides is 1. The molecule has 0 unspecified atom stereocenters. The Balaban J connectivity index is 0. The molecular formula is C15H30N3NaO3. The third-order valence-corrected chi connectivity index (χ3v) is 3.08. The molecule has 3 N–H and O–H groups in total. The van der Waals surface area contributed by atoms with Gasteiger partial charge in [0.25, 0.3) is 0 Å². The number of rotatable bonds is 11. The standard InChI is InChI=1S/C15H29N3O3.Na.H/c1-3-4-5-6-7-8-9-10-11-13(19)17-15(16)18(2)12-14(20)21;;/h3-12H2,1-2H3,(H,20,21)(H2,16,17,19);;/i2D3;;. The van der Waals surface area contributed by atoms with E-state index in [1.54, 1.807) is 0 Å². The molecule has 0 heterocycles. The topological polar surface area (TPSA) is 93.5 Å². The summed E-state index contributed by atoms with van der Waals surface area (Å²) in [6, 6.07) is 0. The molecule has 0 radical (unpaired) electrons. The number of unbranched alkanes of at least 4 members (excludes halogenated alkanes) is 7. The van der Waals surface area contributed by atoms with Crippen LogP contribution in [0.15, 0.2) is 0 Å². The van der Waals surface area contributed by atoms with Crippen LogP contribution in [0.1, 0.15) is 68.8 Å². The number of nitrogens with zero attached hydrogens (tertiary/aromatic N) is 1. The summed E-state index contributed by atoms with van der Waals surface area (Å²) in [5.41, 5.74) is 0. The van der Waals surface area contributed by atoms with Gasteiger partial charge in [-0.3, -0.25) is 20.3 Å². The van der Waals surface area contributed by atoms with E-state index in [-0.39, 0.29) is 36.0 Å². The van der Waals surface area contributed by atoms with Crippen LogP contribution in [0.4, 0.5) is 0 Å². The zero-order chi connectivity index (χ0) is 18.6. The number of hydrogen-bond donors (Lipinski definition) is 3. The van der Waals surface area contributed by atoms with Crippen LogP contribution >= 0.6 is 0 Å². The number of carboxylic acid groups (broad SMARTS) is 1. The number of carboxylic acids is 1. The SMILES string of the molecule is [2H]C([2H])([2H])N(CC(=O)O)C(=N)NC(=O)CCCCCCCCCC.[NaH]. The van der Waals surface area contributed by atoms with Gasteiger partial charge in [0, 0.05) is 17.5 Å². The first-order valence-electron chi connectivity index (χ1n) is 9.06. The van der Waals surface area contributed by atoms with Gasteiger partial charge in [-0.25, -0.2) is 0 Å². The Morgan fingerprint density at radius 1 is 1.14 bits per heavy atom. The molecule has 1 amide bonds. The molecule has 0 aromatic rings. The number of aliphatic carboxylic acids is 1. The molecule has 22 heavy (non-hydrogen) atoms. The molecule has 0 saturated heterocycles. The van der Waals surface area contributed by atoms with Crippen molar-refractivity contribution in [3.63, 3.8) is 0 Å². The van der Waals surface area contributed by atoms with Crippen molar-refractivity contribution >= 4 is 47.4 Å². The predicted molar refractivity (Wildman–Crippen MR) is 90.5 cm³/mol. The van der Waals surface area contributed by atoms with Gasteiger partial charge in [-0.15, -0.1) is 0 Å². The number of hydrogen-bond acceptors (Lipinski definition) is 3. The first-order chi connectivity index (χ1) is 11.2. The van der Waals surface area contributed by atoms with Gasteiger partial charge in [-0.1, -0.05) is 51.9 Å². The Labute approximate surface area is 160 Å². The van der Waals surface area contributed by atoms with Crippen LogP contribution in [0.3, 0.4) is 0 Å². The van der Waals surface area contributed by atoms with E-state index in [1.807, 2.05) is 0 Å². The van der Waals surface area contributed by atoms with E-state index in [2.05, 4.69) is 12.2 Å². The maximum absolute atomic E-state index is 11.7. The van der Waals surface area contributed by atoms with Crippen molar-refractivity contribution in [1.82, 2.24) is 10.2 Å². The van der Waals surface area contributed by atoms with Crippen LogP contribution < -0.4 is 5.32 Å². The van der Waals surface area contributed by atoms with Gasteiger partial charge in [-0.05, 0) is 6.42 Å². The summed E-state index contributed by atoms with van der Waals surface area (Å²) in [7, 11) is 0. The molecular weight excluding hydrogens is 293 g/mol. The van der Waals surface area contributed by atoms with E-state index in [0.29, 0.717) is 11.3 Å². The molecule has 0 aromatic heterocycles. The summed E-state index contributed by atoms with van der Waals surface area (Å²) < 4.78 is 21.7. The minimum absolute atomic E-state index is 0. The number of likely N-dealkylation sites (N-methyl/N-ethyl adjacent to an activating group) is 1. The van der Waals surface area contributed by atoms with E-state index < -0.39 is 31.4 Å². The normalized spacial score (nSPS) is 12.3. The van der Waals surface area contributed by atoms with Crippen molar-refractivity contribution in [3.8, 4) is 0 Å². The third kappa shape index (κ3) is 14.4. The summed E-state index contributed by atoms with van der Waals surface area (Å²) >= 11 is 0. The van der Waals surface area contributed by atoms with Crippen LogP contribution in [-0.4, -0.2) is 70.9 Å². The van der Waals surface area contributed by atoms with Crippen LogP contribution in [0, 0.1) is 5.41 Å². The van der Waals surface area contributed by atoms with E-state index in [1.165, 1.54) is 25.7 Å². The molecule has 6 nitrogen and oxygen atoms in total. The van der Waals surface area contributed by atoms with Crippen molar-refractivity contribution in [2.24, 2.45) is 0 Å². The van der Waals surface area contributed by atoms with Gasteiger partial charge in [0.2, 0.25) is 5.91 Å². The fourth-order valence-electron chi connectivity index (χ4n) is 1.90. The molecule has 0 saturated carbocycles. The quantitative estimate of drug-likeness (QED) is 0.234. The zero-order valence-electron chi connectivity index (χ0n) is 15.8. The van der Waals surface area contributed by atoms with Gasteiger partial charge in [0.05, 0.1) is 0 Å². The van der Waals surface area contributed by atoms with Gasteiger partial charge in [0.1, 0.15) is 6.54 Å². The molecule has 7 heteroatoms.